The van der Waals surface area contributed by atoms with Crippen molar-refractivity contribution in [3.8, 4) is 0 Å². The van der Waals surface area contributed by atoms with Gasteiger partial charge in [0.15, 0.2) is 9.84 Å². The zero-order valence-corrected chi connectivity index (χ0v) is 10.9. The van der Waals surface area contributed by atoms with Crippen LogP contribution in [0.2, 0.25) is 0 Å². The van der Waals surface area contributed by atoms with Crippen molar-refractivity contribution in [3.05, 3.63) is 12.4 Å². The van der Waals surface area contributed by atoms with Crippen LogP contribution in [0.25, 0.3) is 0 Å². The third-order valence-electron chi connectivity index (χ3n) is 3.06. The summed E-state index contributed by atoms with van der Waals surface area (Å²) >= 11 is 0. The zero-order valence-electron chi connectivity index (χ0n) is 10.1. The van der Waals surface area contributed by atoms with Crippen molar-refractivity contribution in [2.75, 3.05) is 23.4 Å². The molecule has 96 valence electrons. The van der Waals surface area contributed by atoms with Crippen LogP contribution in [0.3, 0.4) is 0 Å². The molecule has 1 fully saturated rings. The lowest BCUT2D eigenvalue weighted by Crippen LogP contribution is -2.18. The zero-order chi connectivity index (χ0) is 12.3. The molecular weight excluding hydrogens is 238 g/mol. The minimum absolute atomic E-state index is 0.228. The first-order valence-corrected chi connectivity index (χ1v) is 7.88. The van der Waals surface area contributed by atoms with Crippen molar-refractivity contribution >= 4 is 15.8 Å². The second-order valence-corrected chi connectivity index (χ2v) is 6.82. The predicted molar refractivity (Wildman–Crippen MR) is 67.8 cm³/mol. The lowest BCUT2D eigenvalue weighted by atomic mass is 10.1. The van der Waals surface area contributed by atoms with Crippen LogP contribution in [0, 0.1) is 5.92 Å². The summed E-state index contributed by atoms with van der Waals surface area (Å²) in [6.07, 6.45) is 5.53. The van der Waals surface area contributed by atoms with Gasteiger partial charge in [-0.3, -0.25) is 0 Å². The molecule has 1 aliphatic rings. The van der Waals surface area contributed by atoms with Gasteiger partial charge in [0.2, 0.25) is 5.95 Å². The van der Waals surface area contributed by atoms with E-state index in [2.05, 4.69) is 21.8 Å². The molecule has 0 aliphatic carbocycles. The molecule has 5 nitrogen and oxygen atoms in total. The molecular formula is C11H19N3O2S. The molecule has 1 saturated heterocycles. The van der Waals surface area contributed by atoms with Gasteiger partial charge in [0.05, 0.1) is 11.5 Å². The molecule has 0 bridgehead atoms. The Balaban J connectivity index is 1.88. The Hall–Kier alpha value is -1.04. The molecule has 0 radical (unpaired) electrons. The Morgan fingerprint density at radius 1 is 1.59 bits per heavy atom. The van der Waals surface area contributed by atoms with E-state index >= 15 is 0 Å². The number of rotatable bonds is 5. The maximum absolute atomic E-state index is 11.3. The van der Waals surface area contributed by atoms with Crippen molar-refractivity contribution in [2.45, 2.75) is 26.3 Å². The SMILES string of the molecule is CCCn1ccnc1NCC1CCS(=O)(=O)C1. The fourth-order valence-corrected chi connectivity index (χ4v) is 4.03. The molecule has 1 unspecified atom stereocenters. The minimum Gasteiger partial charge on any atom is -0.355 e. The van der Waals surface area contributed by atoms with E-state index in [1.807, 2.05) is 6.20 Å². The Morgan fingerprint density at radius 3 is 3.06 bits per heavy atom. The smallest absolute Gasteiger partial charge is 0.202 e. The van der Waals surface area contributed by atoms with E-state index in [0.717, 1.165) is 25.3 Å². The number of hydrogen-bond donors (Lipinski definition) is 1. The Bertz CT molecular complexity index is 467. The lowest BCUT2D eigenvalue weighted by Gasteiger charge is -2.11. The fraction of sp³-hybridized carbons (Fsp3) is 0.727. The predicted octanol–water partition coefficient (Wildman–Crippen LogP) is 1.14. The summed E-state index contributed by atoms with van der Waals surface area (Å²) in [6.45, 7) is 3.75. The molecule has 0 saturated carbocycles. The van der Waals surface area contributed by atoms with Crippen LogP contribution in [-0.2, 0) is 16.4 Å². The van der Waals surface area contributed by atoms with E-state index in [1.165, 1.54) is 0 Å². The van der Waals surface area contributed by atoms with Gasteiger partial charge in [-0.05, 0) is 18.8 Å². The normalized spacial score (nSPS) is 22.8. The Labute approximate surface area is 102 Å². The average molecular weight is 257 g/mol. The second-order valence-electron chi connectivity index (χ2n) is 4.59. The lowest BCUT2D eigenvalue weighted by molar-refractivity contribution is 0.594. The topological polar surface area (TPSA) is 64.0 Å². The molecule has 1 aromatic rings. The van der Waals surface area contributed by atoms with E-state index in [4.69, 9.17) is 0 Å². The molecule has 17 heavy (non-hydrogen) atoms. The number of anilines is 1. The van der Waals surface area contributed by atoms with Crippen LogP contribution in [0.5, 0.6) is 0 Å². The van der Waals surface area contributed by atoms with Gasteiger partial charge in [-0.2, -0.15) is 0 Å². The van der Waals surface area contributed by atoms with Crippen molar-refractivity contribution < 1.29 is 8.42 Å². The number of imidazole rings is 1. The molecule has 2 heterocycles. The second kappa shape index (κ2) is 5.08. The number of hydrogen-bond acceptors (Lipinski definition) is 4. The molecule has 1 aromatic heterocycles. The summed E-state index contributed by atoms with van der Waals surface area (Å²) in [6, 6.07) is 0. The van der Waals surface area contributed by atoms with Gasteiger partial charge < -0.3 is 9.88 Å². The standard InChI is InChI=1S/C11H19N3O2S/c1-2-5-14-6-4-12-11(14)13-8-10-3-7-17(15,16)9-10/h4,6,10H,2-3,5,7-9H2,1H3,(H,12,13). The van der Waals surface area contributed by atoms with Gasteiger partial charge in [0, 0.05) is 25.5 Å². The van der Waals surface area contributed by atoms with Crippen LogP contribution in [-0.4, -0.2) is 36.0 Å². The van der Waals surface area contributed by atoms with E-state index in [-0.39, 0.29) is 5.92 Å². The average Bonchev–Trinajstić information content (AvgIpc) is 2.83. The van der Waals surface area contributed by atoms with E-state index in [9.17, 15) is 8.42 Å². The number of aryl methyl sites for hydroxylation is 1. The fourth-order valence-electron chi connectivity index (χ4n) is 2.17. The third kappa shape index (κ3) is 3.21. The van der Waals surface area contributed by atoms with Crippen LogP contribution in [0.1, 0.15) is 19.8 Å². The maximum Gasteiger partial charge on any atom is 0.202 e. The highest BCUT2D eigenvalue weighted by atomic mass is 32.2. The van der Waals surface area contributed by atoms with Gasteiger partial charge in [0.25, 0.3) is 0 Å². The van der Waals surface area contributed by atoms with Crippen molar-refractivity contribution in [1.29, 1.82) is 0 Å². The van der Waals surface area contributed by atoms with Gasteiger partial charge >= 0.3 is 0 Å². The molecule has 0 spiro atoms. The number of nitrogens with zero attached hydrogens (tertiary/aromatic N) is 2. The molecule has 1 aliphatic heterocycles. The molecule has 1 N–H and O–H groups in total. The summed E-state index contributed by atoms with van der Waals surface area (Å²) in [5.74, 6) is 1.72. The van der Waals surface area contributed by atoms with Gasteiger partial charge in [-0.25, -0.2) is 13.4 Å². The summed E-state index contributed by atoms with van der Waals surface area (Å²) in [4.78, 5) is 4.23. The first-order chi connectivity index (χ1) is 8.11. The highest BCUT2D eigenvalue weighted by Crippen LogP contribution is 2.18. The molecule has 0 aromatic carbocycles. The van der Waals surface area contributed by atoms with E-state index in [0.29, 0.717) is 18.1 Å². The van der Waals surface area contributed by atoms with Crippen LogP contribution in [0.15, 0.2) is 12.4 Å². The van der Waals surface area contributed by atoms with Gasteiger partial charge in [-0.15, -0.1) is 0 Å². The molecule has 2 rings (SSSR count). The van der Waals surface area contributed by atoms with Crippen molar-refractivity contribution in [3.63, 3.8) is 0 Å². The van der Waals surface area contributed by atoms with E-state index < -0.39 is 9.84 Å². The first-order valence-electron chi connectivity index (χ1n) is 6.06. The Morgan fingerprint density at radius 2 is 2.41 bits per heavy atom. The highest BCUT2D eigenvalue weighted by Gasteiger charge is 2.27. The number of sulfone groups is 1. The summed E-state index contributed by atoms with van der Waals surface area (Å²) in [5.41, 5.74) is 0. The van der Waals surface area contributed by atoms with Crippen molar-refractivity contribution in [1.82, 2.24) is 9.55 Å². The largest absolute Gasteiger partial charge is 0.355 e. The van der Waals surface area contributed by atoms with E-state index in [1.54, 1.807) is 6.20 Å². The summed E-state index contributed by atoms with van der Waals surface area (Å²) in [5, 5.41) is 3.25. The third-order valence-corrected chi connectivity index (χ3v) is 4.89. The molecule has 1 atom stereocenters. The molecule has 0 amide bonds. The Kier molecular flexibility index (Phi) is 3.71. The van der Waals surface area contributed by atoms with Crippen molar-refractivity contribution in [2.24, 2.45) is 5.92 Å². The maximum atomic E-state index is 11.3. The van der Waals surface area contributed by atoms with Crippen LogP contribution < -0.4 is 5.32 Å². The van der Waals surface area contributed by atoms with Gasteiger partial charge in [-0.1, -0.05) is 6.92 Å². The summed E-state index contributed by atoms with van der Waals surface area (Å²) in [7, 11) is -2.77. The number of nitrogens with one attached hydrogen (secondary N) is 1. The summed E-state index contributed by atoms with van der Waals surface area (Å²) < 4.78 is 24.7. The first kappa shape index (κ1) is 12.4. The highest BCUT2D eigenvalue weighted by molar-refractivity contribution is 7.91. The minimum atomic E-state index is -2.77. The monoisotopic (exact) mass is 257 g/mol. The quantitative estimate of drug-likeness (QED) is 0.859. The molecule has 6 heteroatoms. The van der Waals surface area contributed by atoms with Crippen LogP contribution in [0.4, 0.5) is 5.95 Å². The van der Waals surface area contributed by atoms with Gasteiger partial charge in [0.1, 0.15) is 0 Å². The van der Waals surface area contributed by atoms with Crippen LogP contribution >= 0.6 is 0 Å². The number of aromatic nitrogens is 2.